The van der Waals surface area contributed by atoms with Gasteiger partial charge in [-0.3, -0.25) is 0 Å². The first-order chi connectivity index (χ1) is 7.55. The second kappa shape index (κ2) is 5.03. The lowest BCUT2D eigenvalue weighted by molar-refractivity contribution is -0.0258. The lowest BCUT2D eigenvalue weighted by Gasteiger charge is -2.23. The van der Waals surface area contributed by atoms with Crippen LogP contribution in [0.4, 0.5) is 0 Å². The molecule has 0 aromatic carbocycles. The predicted octanol–water partition coefficient (Wildman–Crippen LogP) is 1.63. The van der Waals surface area contributed by atoms with Gasteiger partial charge in [0.2, 0.25) is 0 Å². The van der Waals surface area contributed by atoms with Gasteiger partial charge in [0.25, 0.3) is 0 Å². The van der Waals surface area contributed by atoms with E-state index in [1.807, 2.05) is 0 Å². The van der Waals surface area contributed by atoms with Crippen LogP contribution in [0.5, 0.6) is 0 Å². The maximum atomic E-state index is 6.00. The predicted molar refractivity (Wildman–Crippen MR) is 66.7 cm³/mol. The Morgan fingerprint density at radius 1 is 1.31 bits per heavy atom. The average molecular weight is 226 g/mol. The van der Waals surface area contributed by atoms with Crippen molar-refractivity contribution in [2.45, 2.75) is 57.3 Å². The fraction of sp³-hybridized carbons (Fsp3) is 1.00. The smallest absolute Gasteiger partial charge is 0.0710 e. The van der Waals surface area contributed by atoms with Gasteiger partial charge in [0, 0.05) is 25.7 Å². The molecule has 1 unspecified atom stereocenters. The van der Waals surface area contributed by atoms with Crippen molar-refractivity contribution in [3.05, 3.63) is 0 Å². The third-order valence-electron chi connectivity index (χ3n) is 3.57. The van der Waals surface area contributed by atoms with E-state index in [-0.39, 0.29) is 5.60 Å². The Bertz CT molecular complexity index is 226. The molecule has 1 saturated heterocycles. The molecule has 1 aliphatic heterocycles. The summed E-state index contributed by atoms with van der Waals surface area (Å²) in [6, 6.07) is 0.829. The minimum absolute atomic E-state index is 0.109. The van der Waals surface area contributed by atoms with E-state index in [9.17, 15) is 0 Å². The molecule has 0 radical (unpaired) electrons. The van der Waals surface area contributed by atoms with Gasteiger partial charge in [0.1, 0.15) is 0 Å². The van der Waals surface area contributed by atoms with Crippen LogP contribution in [0.3, 0.4) is 0 Å². The monoisotopic (exact) mass is 226 g/mol. The van der Waals surface area contributed by atoms with E-state index in [1.165, 1.54) is 25.7 Å². The molecule has 1 heterocycles. The van der Waals surface area contributed by atoms with E-state index >= 15 is 0 Å². The highest BCUT2D eigenvalue weighted by atomic mass is 16.5. The van der Waals surface area contributed by atoms with Gasteiger partial charge >= 0.3 is 0 Å². The van der Waals surface area contributed by atoms with Crippen molar-refractivity contribution in [3.8, 4) is 0 Å². The van der Waals surface area contributed by atoms with Crippen LogP contribution < -0.4 is 5.32 Å². The molecule has 1 aliphatic carbocycles. The van der Waals surface area contributed by atoms with Gasteiger partial charge in [0.15, 0.2) is 0 Å². The van der Waals surface area contributed by atoms with Gasteiger partial charge in [-0.15, -0.1) is 0 Å². The van der Waals surface area contributed by atoms with Gasteiger partial charge in [-0.25, -0.2) is 0 Å². The molecule has 2 fully saturated rings. The number of nitrogens with one attached hydrogen (secondary N) is 1. The molecule has 0 spiro atoms. The van der Waals surface area contributed by atoms with Crippen LogP contribution in [0.25, 0.3) is 0 Å². The zero-order valence-corrected chi connectivity index (χ0v) is 11.0. The number of hydrogen-bond donors (Lipinski definition) is 1. The van der Waals surface area contributed by atoms with Crippen molar-refractivity contribution in [2.75, 3.05) is 26.7 Å². The molecule has 0 aromatic heterocycles. The van der Waals surface area contributed by atoms with E-state index < -0.39 is 0 Å². The topological polar surface area (TPSA) is 24.5 Å². The van der Waals surface area contributed by atoms with Crippen molar-refractivity contribution in [2.24, 2.45) is 0 Å². The molecule has 0 amide bonds. The number of nitrogens with zero attached hydrogens (tertiary/aromatic N) is 1. The first-order valence-electron chi connectivity index (χ1n) is 6.65. The van der Waals surface area contributed by atoms with E-state index in [0.717, 1.165) is 25.7 Å². The molecule has 3 nitrogen and oxygen atoms in total. The zero-order valence-electron chi connectivity index (χ0n) is 11.0. The molecular weight excluding hydrogens is 200 g/mol. The second-order valence-electron chi connectivity index (χ2n) is 6.03. The molecule has 2 rings (SSSR count). The minimum Gasteiger partial charge on any atom is -0.371 e. The molecule has 1 N–H and O–H groups in total. The molecule has 3 heteroatoms. The van der Waals surface area contributed by atoms with E-state index in [0.29, 0.717) is 6.10 Å². The third-order valence-corrected chi connectivity index (χ3v) is 3.57. The largest absolute Gasteiger partial charge is 0.371 e. The van der Waals surface area contributed by atoms with Crippen LogP contribution in [0.1, 0.15) is 39.5 Å². The van der Waals surface area contributed by atoms with Crippen molar-refractivity contribution >= 4 is 0 Å². The van der Waals surface area contributed by atoms with Crippen LogP contribution in [0, 0.1) is 0 Å². The molecule has 16 heavy (non-hydrogen) atoms. The quantitative estimate of drug-likeness (QED) is 0.745. The second-order valence-corrected chi connectivity index (χ2v) is 6.03. The lowest BCUT2D eigenvalue weighted by atomic mass is 10.1. The molecule has 1 atom stereocenters. The lowest BCUT2D eigenvalue weighted by Crippen LogP contribution is -2.36. The number of hydrogen-bond acceptors (Lipinski definition) is 3. The summed E-state index contributed by atoms with van der Waals surface area (Å²) in [5.41, 5.74) is 0.109. The van der Waals surface area contributed by atoms with Crippen molar-refractivity contribution in [1.82, 2.24) is 10.2 Å². The summed E-state index contributed by atoms with van der Waals surface area (Å²) in [4.78, 5) is 2.39. The van der Waals surface area contributed by atoms with Crippen LogP contribution in [-0.4, -0.2) is 49.3 Å². The summed E-state index contributed by atoms with van der Waals surface area (Å²) < 4.78 is 6.00. The molecular formula is C13H26N2O. The Hall–Kier alpha value is -0.120. The Labute approximate surface area is 99.5 Å². The van der Waals surface area contributed by atoms with Gasteiger partial charge in [-0.05, 0) is 46.6 Å². The molecule has 0 bridgehead atoms. The minimum atomic E-state index is 0.109. The van der Waals surface area contributed by atoms with Crippen LogP contribution in [0.2, 0.25) is 0 Å². The summed E-state index contributed by atoms with van der Waals surface area (Å²) in [6.07, 6.45) is 5.62. The molecule has 94 valence electrons. The Morgan fingerprint density at radius 2 is 2.06 bits per heavy atom. The van der Waals surface area contributed by atoms with Crippen molar-refractivity contribution in [3.63, 3.8) is 0 Å². The summed E-state index contributed by atoms with van der Waals surface area (Å²) in [6.45, 7) is 7.73. The van der Waals surface area contributed by atoms with Gasteiger partial charge in [0.05, 0.1) is 11.7 Å². The van der Waals surface area contributed by atoms with E-state index in [1.54, 1.807) is 0 Å². The summed E-state index contributed by atoms with van der Waals surface area (Å²) in [7, 11) is 2.20. The maximum absolute atomic E-state index is 6.00. The first-order valence-corrected chi connectivity index (χ1v) is 6.65. The van der Waals surface area contributed by atoms with Crippen molar-refractivity contribution < 1.29 is 4.74 Å². The zero-order chi connectivity index (χ0) is 11.6. The van der Waals surface area contributed by atoms with Gasteiger partial charge < -0.3 is 15.0 Å². The highest BCUT2D eigenvalue weighted by molar-refractivity contribution is 4.83. The van der Waals surface area contributed by atoms with E-state index in [2.05, 4.69) is 31.1 Å². The number of likely N-dealkylation sites (N-methyl/N-ethyl adjacent to an activating group) is 1. The third kappa shape index (κ3) is 4.04. The van der Waals surface area contributed by atoms with Crippen LogP contribution >= 0.6 is 0 Å². The standard InChI is InChI=1S/C13H26N2O/c1-13(2)7-6-12(16-13)10-15(3)9-8-14-11-4-5-11/h11-12,14H,4-10H2,1-3H3. The van der Waals surface area contributed by atoms with E-state index in [4.69, 9.17) is 4.74 Å². The summed E-state index contributed by atoms with van der Waals surface area (Å²) in [5.74, 6) is 0. The maximum Gasteiger partial charge on any atom is 0.0710 e. The van der Waals surface area contributed by atoms with Crippen LogP contribution in [0.15, 0.2) is 0 Å². The fourth-order valence-corrected chi connectivity index (χ4v) is 2.39. The SMILES string of the molecule is CN(CCNC1CC1)CC1CCC(C)(C)O1. The number of ether oxygens (including phenoxy) is 1. The normalized spacial score (nSPS) is 28.9. The Balaban J connectivity index is 1.57. The molecule has 1 saturated carbocycles. The first kappa shape index (κ1) is 12.3. The Kier molecular flexibility index (Phi) is 3.88. The van der Waals surface area contributed by atoms with Gasteiger partial charge in [-0.1, -0.05) is 0 Å². The summed E-state index contributed by atoms with van der Waals surface area (Å²) in [5, 5.41) is 3.55. The number of rotatable bonds is 6. The van der Waals surface area contributed by atoms with Gasteiger partial charge in [-0.2, -0.15) is 0 Å². The van der Waals surface area contributed by atoms with Crippen molar-refractivity contribution in [1.29, 1.82) is 0 Å². The Morgan fingerprint density at radius 3 is 2.62 bits per heavy atom. The highest BCUT2D eigenvalue weighted by Gasteiger charge is 2.31. The van der Waals surface area contributed by atoms with Crippen LogP contribution in [-0.2, 0) is 4.74 Å². The molecule has 0 aromatic rings. The fourth-order valence-electron chi connectivity index (χ4n) is 2.39. The highest BCUT2D eigenvalue weighted by Crippen LogP contribution is 2.29. The summed E-state index contributed by atoms with van der Waals surface area (Å²) >= 11 is 0. The average Bonchev–Trinajstić information content (AvgIpc) is 2.92. The molecule has 2 aliphatic rings.